The molecule has 6 aromatic carbocycles. The second kappa shape index (κ2) is 40.7. The number of carbonyl (C=O) groups excluding carboxylic acids is 3. The Morgan fingerprint density at radius 2 is 1.19 bits per heavy atom. The number of hydrogen-bond donors (Lipinski definition) is 3. The first-order chi connectivity index (χ1) is 58.2. The van der Waals surface area contributed by atoms with Gasteiger partial charge in [0, 0.05) is 56.4 Å². The van der Waals surface area contributed by atoms with Crippen molar-refractivity contribution < 1.29 is 75.1 Å². The fourth-order valence-corrected chi connectivity index (χ4v) is 18.5. The summed E-state index contributed by atoms with van der Waals surface area (Å²) in [5.41, 5.74) is 7.57. The number of anilines is 2. The van der Waals surface area contributed by atoms with Crippen LogP contribution in [0.25, 0.3) is 33.5 Å². The minimum Gasteiger partial charge on any atom is -0.497 e. The Morgan fingerprint density at radius 3 is 1.77 bits per heavy atom. The van der Waals surface area contributed by atoms with E-state index in [0.29, 0.717) is 53.4 Å². The molecule has 0 saturated carbocycles. The number of nitrogens with zero attached hydrogens (tertiary/aromatic N) is 12. The Balaban J connectivity index is 0.772. The number of benzene rings is 6. The van der Waals surface area contributed by atoms with E-state index < -0.39 is 90.1 Å². The Kier molecular flexibility index (Phi) is 29.6. The lowest BCUT2D eigenvalue weighted by Crippen LogP contribution is -2.38. The van der Waals surface area contributed by atoms with E-state index in [1.807, 2.05) is 143 Å². The first-order valence-electron chi connectivity index (χ1n) is 40.5. The maximum absolute atomic E-state index is 16.2. The molecule has 3 N–H and O–H groups in total. The van der Waals surface area contributed by atoms with Crippen molar-refractivity contribution in [1.82, 2.24) is 48.6 Å². The third-order valence-electron chi connectivity index (χ3n) is 21.4. The number of aliphatic hydroxyl groups excluding tert-OH is 1. The second-order valence-electron chi connectivity index (χ2n) is 30.6. The SMILES string of the molecule is COc1ccc(C(OC[C@H]2O[C@@H](n3cnc4c(NC(=O)c5ccc(CCC(O)CCC(C)C)cc5)ncnc43)CC2OP(=O)(OCCC#N)OC[C@H]2O[C@@H](n3cnc4c(NC(=O)CCCN(C)C(=O)OCC5c6ccccc6-c6ccccc65)ncnc43)CC2OP(OCCC#N)N(C(C)C)C(C)C)(c2ccccc2)c2ccc(OC)cc2)cc1. The molecule has 0 bridgehead atoms. The van der Waals surface area contributed by atoms with Gasteiger partial charge in [0.25, 0.3) is 14.4 Å². The van der Waals surface area contributed by atoms with Crippen LogP contribution in [0.1, 0.15) is 161 Å². The third-order valence-corrected chi connectivity index (χ3v) is 25.1. The summed E-state index contributed by atoms with van der Waals surface area (Å²) in [7, 11) is -2.06. The molecule has 0 spiro atoms. The number of ether oxygens (including phenoxy) is 6. The normalized spacial score (nSPS) is 18.2. The van der Waals surface area contributed by atoms with Crippen LogP contribution in [-0.4, -0.2) is 175 Å². The largest absolute Gasteiger partial charge is 0.497 e. The van der Waals surface area contributed by atoms with Crippen molar-refractivity contribution in [3.8, 4) is 34.8 Å². The molecule has 30 nitrogen and oxygen atoms in total. The summed E-state index contributed by atoms with van der Waals surface area (Å²) >= 11 is 0. The number of amides is 3. The van der Waals surface area contributed by atoms with Crippen LogP contribution in [0, 0.1) is 28.6 Å². The van der Waals surface area contributed by atoms with Crippen molar-refractivity contribution in [3.05, 3.63) is 216 Å². The standard InChI is InChI=1S/C88H102N14O16P2/c1-57(2)27-37-65(103)38-30-60-28-31-61(32-29-60)86(105)98-83-81-85(94-54-92-83)101(56-96-81)79-49-74(75(115-79)51-111-88(62-20-11-10-12-21-62,63-33-39-66(108-8)40-34-63)64-35-41-67(109-9)42-36-64)118-120(107,113-47-19-44-90)114-52-76-73(117-119(112-46-18-43-89)102(58(3)4)59(5)6)48-78(116-76)100-55-95-80-82(91-53-93-84(80)100)97-77(104)26-17-45-99(7)87(106)110-50-72-70-24-15-13-22-68(70)69-23-14-16-25-71(69)72/h10-16,20-25,28-29,31-36,39-42,53-59,65,72-76,78-79,103H,17-19,26-27,30,37-38,45-52H2,1-9H3,(H,91,93,97,104)(H,92,94,98,105)/t65?,73?,74?,75-,76-,78-,79-,119?,120?/m1/s1. The molecule has 5 unspecified atom stereocenters. The van der Waals surface area contributed by atoms with Gasteiger partial charge in [-0.3, -0.25) is 32.3 Å². The second-order valence-corrected chi connectivity index (χ2v) is 33.7. The molecule has 2 aliphatic heterocycles. The molecule has 9 atom stereocenters. The summed E-state index contributed by atoms with van der Waals surface area (Å²) in [5.74, 6) is 1.00. The summed E-state index contributed by atoms with van der Waals surface area (Å²) in [4.78, 5) is 70.3. The highest BCUT2D eigenvalue weighted by Gasteiger charge is 2.49. The van der Waals surface area contributed by atoms with Gasteiger partial charge in [-0.05, 0) is 147 Å². The number of aryl methyl sites for hydroxylation is 1. The zero-order chi connectivity index (χ0) is 84.5. The molecule has 13 rings (SSSR count). The molecule has 2 saturated heterocycles. The molecular formula is C88H102N14O16P2. The summed E-state index contributed by atoms with van der Waals surface area (Å²) in [5, 5.41) is 36.2. The number of rotatable bonds is 41. The maximum atomic E-state index is 16.2. The Labute approximate surface area is 699 Å². The van der Waals surface area contributed by atoms with Gasteiger partial charge in [-0.25, -0.2) is 43.9 Å². The van der Waals surface area contributed by atoms with E-state index in [9.17, 15) is 30.0 Å². The molecule has 630 valence electrons. The summed E-state index contributed by atoms with van der Waals surface area (Å²) in [6, 6.07) is 52.1. The molecule has 0 radical (unpaired) electrons. The highest BCUT2D eigenvalue weighted by atomic mass is 31.2. The van der Waals surface area contributed by atoms with E-state index in [0.717, 1.165) is 46.2 Å². The molecule has 2 fully saturated rings. The molecule has 3 aliphatic rings. The van der Waals surface area contributed by atoms with E-state index in [2.05, 4.69) is 85.5 Å². The van der Waals surface area contributed by atoms with E-state index in [4.69, 9.17) is 61.0 Å². The lowest BCUT2D eigenvalue weighted by atomic mass is 9.80. The van der Waals surface area contributed by atoms with Gasteiger partial charge in [-0.15, -0.1) is 0 Å². The van der Waals surface area contributed by atoms with Crippen molar-refractivity contribution >= 4 is 68.2 Å². The molecule has 4 aromatic heterocycles. The number of methoxy groups -OCH3 is 2. The Morgan fingerprint density at radius 1 is 0.642 bits per heavy atom. The number of fused-ring (bicyclic) bond motifs is 5. The average Bonchev–Trinajstić information content (AvgIpc) is 0.774. The van der Waals surface area contributed by atoms with E-state index in [1.54, 1.807) is 42.5 Å². The molecule has 3 amide bonds. The third kappa shape index (κ3) is 20.7. The van der Waals surface area contributed by atoms with Gasteiger partial charge in [-0.2, -0.15) is 10.5 Å². The van der Waals surface area contributed by atoms with Gasteiger partial charge in [0.05, 0.1) is 90.5 Å². The predicted molar refractivity (Wildman–Crippen MR) is 449 cm³/mol. The lowest BCUT2D eigenvalue weighted by Gasteiger charge is -2.37. The number of nitriles is 2. The molecular weight excluding hydrogens is 1570 g/mol. The van der Waals surface area contributed by atoms with Crippen LogP contribution in [-0.2, 0) is 62.9 Å². The maximum Gasteiger partial charge on any atom is 0.475 e. The first-order valence-corrected chi connectivity index (χ1v) is 43.1. The van der Waals surface area contributed by atoms with Crippen molar-refractivity contribution in [1.29, 1.82) is 10.5 Å². The molecule has 1 aliphatic carbocycles. The van der Waals surface area contributed by atoms with Crippen molar-refractivity contribution in [2.75, 3.05) is 71.5 Å². The van der Waals surface area contributed by atoms with Gasteiger partial charge in [0.1, 0.15) is 67.1 Å². The minimum absolute atomic E-state index is 0.0224. The van der Waals surface area contributed by atoms with Crippen LogP contribution in [0.4, 0.5) is 16.4 Å². The van der Waals surface area contributed by atoms with Crippen LogP contribution in [0.3, 0.4) is 0 Å². The lowest BCUT2D eigenvalue weighted by molar-refractivity contribution is -0.116. The van der Waals surface area contributed by atoms with Gasteiger partial charge in [-0.1, -0.05) is 129 Å². The van der Waals surface area contributed by atoms with Crippen molar-refractivity contribution in [2.45, 2.75) is 172 Å². The van der Waals surface area contributed by atoms with Crippen LogP contribution < -0.4 is 20.1 Å². The number of carbonyl (C=O) groups is 3. The molecule has 6 heterocycles. The van der Waals surface area contributed by atoms with Crippen molar-refractivity contribution in [2.24, 2.45) is 5.92 Å². The molecule has 120 heavy (non-hydrogen) atoms. The summed E-state index contributed by atoms with van der Waals surface area (Å²) in [6.45, 7) is 11.6. The molecule has 32 heteroatoms. The van der Waals surface area contributed by atoms with Gasteiger partial charge < -0.3 is 58.1 Å². The quantitative estimate of drug-likeness (QED) is 0.0182. The van der Waals surface area contributed by atoms with Crippen LogP contribution in [0.15, 0.2) is 177 Å². The van der Waals surface area contributed by atoms with Crippen LogP contribution in [0.2, 0.25) is 0 Å². The van der Waals surface area contributed by atoms with Gasteiger partial charge in [0.2, 0.25) is 5.91 Å². The average molecular weight is 1670 g/mol. The zero-order valence-electron chi connectivity index (χ0n) is 68.7. The number of phosphoric ester groups is 1. The van der Waals surface area contributed by atoms with E-state index >= 15 is 4.57 Å². The van der Waals surface area contributed by atoms with Gasteiger partial charge in [0.15, 0.2) is 34.0 Å². The zero-order valence-corrected chi connectivity index (χ0v) is 70.5. The summed E-state index contributed by atoms with van der Waals surface area (Å²) in [6.07, 6.45) is 1.53. The highest BCUT2D eigenvalue weighted by molar-refractivity contribution is 7.48. The Bertz CT molecular complexity index is 5140. The number of imidazole rings is 2. The predicted octanol–water partition coefficient (Wildman–Crippen LogP) is 16.0. The topological polar surface area (TPSA) is 355 Å². The highest BCUT2D eigenvalue weighted by Crippen LogP contribution is 2.56. The number of aromatic nitrogens is 8. The number of hydrogen-bond acceptors (Lipinski definition) is 25. The number of nitrogens with one attached hydrogen (secondary N) is 2. The fraction of sp³-hybridized carbons (Fsp3) is 0.420. The van der Waals surface area contributed by atoms with Crippen LogP contribution in [0.5, 0.6) is 11.5 Å². The number of phosphoric acid groups is 1. The monoisotopic (exact) mass is 1670 g/mol. The summed E-state index contributed by atoms with van der Waals surface area (Å²) < 4.78 is 93.4. The van der Waals surface area contributed by atoms with Crippen molar-refractivity contribution in [3.63, 3.8) is 0 Å². The minimum atomic E-state index is -4.92. The van der Waals surface area contributed by atoms with E-state index in [-0.39, 0.29) is 116 Å². The smallest absolute Gasteiger partial charge is 0.475 e. The molecule has 10 aromatic rings. The first kappa shape index (κ1) is 87.3. The fourth-order valence-electron chi connectivity index (χ4n) is 15.4. The van der Waals surface area contributed by atoms with E-state index in [1.165, 1.54) is 30.2 Å². The number of aliphatic hydroxyl groups is 1. The Hall–Kier alpha value is -10.5. The van der Waals surface area contributed by atoms with Gasteiger partial charge >= 0.3 is 13.9 Å². The van der Waals surface area contributed by atoms with Crippen LogP contribution >= 0.6 is 16.3 Å².